The molecule has 1 unspecified atom stereocenters. The molecule has 0 aliphatic carbocycles. The van der Waals surface area contributed by atoms with Gasteiger partial charge in [0.1, 0.15) is 5.75 Å². The molecule has 200 valence electrons. The van der Waals surface area contributed by atoms with Gasteiger partial charge in [0.25, 0.3) is 0 Å². The van der Waals surface area contributed by atoms with Crippen molar-refractivity contribution in [3.8, 4) is 17.6 Å². The number of aliphatic hydroxyl groups excluding tert-OH is 1. The summed E-state index contributed by atoms with van der Waals surface area (Å²) in [6, 6.07) is 12.4. The topological polar surface area (TPSA) is 82.9 Å². The number of benzene rings is 2. The number of fused-ring (bicyclic) bond motifs is 1. The molecule has 9 heteroatoms. The van der Waals surface area contributed by atoms with E-state index in [9.17, 15) is 28.2 Å². The summed E-state index contributed by atoms with van der Waals surface area (Å²) in [6.45, 7) is 1.01. The number of hydrogen-bond acceptors (Lipinski definition) is 5. The second kappa shape index (κ2) is 11.8. The van der Waals surface area contributed by atoms with Gasteiger partial charge in [-0.2, -0.15) is 13.2 Å². The van der Waals surface area contributed by atoms with E-state index in [0.29, 0.717) is 37.1 Å². The number of carbonyl (C=O) groups is 1. The average Bonchev–Trinajstić information content (AvgIpc) is 2.91. The molecule has 2 aromatic carbocycles. The van der Waals surface area contributed by atoms with Crippen molar-refractivity contribution in [1.82, 2.24) is 9.88 Å². The number of aliphatic hydroxyl groups is 1. The number of rotatable bonds is 7. The number of hydrogen-bond donors (Lipinski definition) is 2. The normalized spacial score (nSPS) is 19.0. The van der Waals surface area contributed by atoms with E-state index < -0.39 is 29.7 Å². The summed E-state index contributed by atoms with van der Waals surface area (Å²) in [4.78, 5) is 18.2. The lowest BCUT2D eigenvalue weighted by molar-refractivity contribution is -0.146. The summed E-state index contributed by atoms with van der Waals surface area (Å²) >= 11 is 0. The number of alkyl halides is 3. The molecular weight excluding hydrogens is 497 g/mol. The van der Waals surface area contributed by atoms with Crippen molar-refractivity contribution >= 4 is 16.9 Å². The van der Waals surface area contributed by atoms with Gasteiger partial charge < -0.3 is 14.9 Å². The molecule has 1 fully saturated rings. The molecule has 4 rings (SSSR count). The fourth-order valence-corrected chi connectivity index (χ4v) is 5.01. The van der Waals surface area contributed by atoms with Crippen molar-refractivity contribution < 1.29 is 32.9 Å². The van der Waals surface area contributed by atoms with Crippen LogP contribution < -0.4 is 4.74 Å². The summed E-state index contributed by atoms with van der Waals surface area (Å²) in [5, 5.41) is 21.6. The number of nitrogens with zero attached hydrogens (tertiary/aromatic N) is 2. The Morgan fingerprint density at radius 2 is 2.03 bits per heavy atom. The minimum atomic E-state index is -4.49. The van der Waals surface area contributed by atoms with Crippen molar-refractivity contribution in [1.29, 1.82) is 0 Å². The lowest BCUT2D eigenvalue weighted by Crippen LogP contribution is -2.44. The number of aromatic nitrogens is 1. The van der Waals surface area contributed by atoms with Crippen molar-refractivity contribution in [3.63, 3.8) is 0 Å². The molecule has 1 aliphatic rings. The van der Waals surface area contributed by atoms with Gasteiger partial charge in [0.05, 0.1) is 36.8 Å². The van der Waals surface area contributed by atoms with Crippen LogP contribution in [0.25, 0.3) is 10.9 Å². The van der Waals surface area contributed by atoms with E-state index in [4.69, 9.17) is 4.74 Å². The Hall–Kier alpha value is -3.61. The zero-order valence-electron chi connectivity index (χ0n) is 20.9. The number of methoxy groups -OCH3 is 1. The summed E-state index contributed by atoms with van der Waals surface area (Å²) in [6.07, 6.45) is -2.14. The van der Waals surface area contributed by atoms with E-state index in [1.807, 2.05) is 17.0 Å². The van der Waals surface area contributed by atoms with Gasteiger partial charge in [0.2, 0.25) is 0 Å². The van der Waals surface area contributed by atoms with Crippen LogP contribution in [0.1, 0.15) is 42.1 Å². The van der Waals surface area contributed by atoms with E-state index >= 15 is 0 Å². The number of ether oxygens (including phenoxy) is 1. The second-order valence-corrected chi connectivity index (χ2v) is 9.45. The Kier molecular flexibility index (Phi) is 8.55. The van der Waals surface area contributed by atoms with Crippen LogP contribution in [-0.4, -0.2) is 52.8 Å². The quantitative estimate of drug-likeness (QED) is 0.415. The van der Waals surface area contributed by atoms with E-state index in [1.165, 1.54) is 18.2 Å². The molecule has 3 atom stereocenters. The van der Waals surface area contributed by atoms with Crippen molar-refractivity contribution in [2.45, 2.75) is 31.5 Å². The predicted molar refractivity (Wildman–Crippen MR) is 136 cm³/mol. The lowest BCUT2D eigenvalue weighted by Gasteiger charge is -2.36. The third-order valence-electron chi connectivity index (χ3n) is 7.07. The first kappa shape index (κ1) is 27.4. The second-order valence-electron chi connectivity index (χ2n) is 9.45. The Bertz CT molecular complexity index is 1350. The Morgan fingerprint density at radius 3 is 2.76 bits per heavy atom. The average molecular weight is 527 g/mol. The highest BCUT2D eigenvalue weighted by molar-refractivity contribution is 5.83. The lowest BCUT2D eigenvalue weighted by atomic mass is 9.81. The van der Waals surface area contributed by atoms with Crippen LogP contribution in [0, 0.1) is 23.7 Å². The van der Waals surface area contributed by atoms with Crippen LogP contribution in [0.3, 0.4) is 0 Å². The number of carboxylic acid groups (broad SMARTS) is 1. The van der Waals surface area contributed by atoms with Gasteiger partial charge >= 0.3 is 12.1 Å². The van der Waals surface area contributed by atoms with Crippen LogP contribution in [0.5, 0.6) is 5.75 Å². The maximum atomic E-state index is 13.2. The Labute approximate surface area is 219 Å². The molecule has 0 saturated carbocycles. The van der Waals surface area contributed by atoms with Crippen molar-refractivity contribution in [3.05, 3.63) is 71.4 Å². The van der Waals surface area contributed by atoms with Crippen LogP contribution in [0.15, 0.2) is 54.7 Å². The summed E-state index contributed by atoms with van der Waals surface area (Å²) in [7, 11) is 1.57. The number of likely N-dealkylation sites (tertiary alicyclic amines) is 1. The SMILES string of the molecule is COc1ccc2nccc(C(O)CC[C@@H]3CCN(CC#Cc4ccccc4C(F)(F)F)C[C@@H]3C(=O)O)c2c1. The molecular formula is C29H29F3N2O4. The van der Waals surface area contributed by atoms with Crippen molar-refractivity contribution in [2.24, 2.45) is 11.8 Å². The maximum absolute atomic E-state index is 13.2. The van der Waals surface area contributed by atoms with Crippen LogP contribution in [-0.2, 0) is 11.0 Å². The van der Waals surface area contributed by atoms with Crippen molar-refractivity contribution in [2.75, 3.05) is 26.7 Å². The molecule has 0 radical (unpaired) electrons. The van der Waals surface area contributed by atoms with Gasteiger partial charge in [-0.05, 0) is 73.7 Å². The summed E-state index contributed by atoms with van der Waals surface area (Å²) in [5.74, 6) is 4.31. The molecule has 2 N–H and O–H groups in total. The first-order chi connectivity index (χ1) is 18.2. The molecule has 1 aromatic heterocycles. The van der Waals surface area contributed by atoms with Gasteiger partial charge in [0.15, 0.2) is 0 Å². The number of carboxylic acids is 1. The standard InChI is InChI=1S/C29H29F3N2O4/c1-38-21-9-10-26-23(17-21)22(12-14-33-26)27(35)11-8-19-13-16-34(18-24(19)28(36)37)15-4-6-20-5-2-3-7-25(20)29(30,31)32/h2-3,5,7,9-10,12,14,17,19,24,27,35H,8,11,13,15-16,18H2,1H3,(H,36,37)/t19-,24+,27?/m1/s1. The summed E-state index contributed by atoms with van der Waals surface area (Å²) in [5.41, 5.74) is 0.569. The smallest absolute Gasteiger partial charge is 0.417 e. The molecule has 0 bridgehead atoms. The number of piperidine rings is 1. The highest BCUT2D eigenvalue weighted by atomic mass is 19.4. The van der Waals surface area contributed by atoms with Gasteiger partial charge in [-0.25, -0.2) is 0 Å². The molecule has 6 nitrogen and oxygen atoms in total. The minimum absolute atomic E-state index is 0.0973. The Morgan fingerprint density at radius 1 is 1.24 bits per heavy atom. The third kappa shape index (κ3) is 6.44. The van der Waals surface area contributed by atoms with E-state index in [2.05, 4.69) is 16.8 Å². The molecule has 38 heavy (non-hydrogen) atoms. The van der Waals surface area contributed by atoms with Gasteiger partial charge in [-0.3, -0.25) is 14.7 Å². The first-order valence-corrected chi connectivity index (χ1v) is 12.4. The number of pyridine rings is 1. The Balaban J connectivity index is 1.39. The predicted octanol–water partition coefficient (Wildman–Crippen LogP) is 5.15. The largest absolute Gasteiger partial charge is 0.497 e. The number of aliphatic carboxylic acids is 1. The van der Waals surface area contributed by atoms with Crippen LogP contribution >= 0.6 is 0 Å². The molecule has 0 spiro atoms. The molecule has 3 aromatic rings. The zero-order valence-corrected chi connectivity index (χ0v) is 20.9. The highest BCUT2D eigenvalue weighted by Gasteiger charge is 2.35. The van der Waals surface area contributed by atoms with Crippen LogP contribution in [0.4, 0.5) is 13.2 Å². The minimum Gasteiger partial charge on any atom is -0.497 e. The third-order valence-corrected chi connectivity index (χ3v) is 7.07. The van der Waals surface area contributed by atoms with Crippen LogP contribution in [0.2, 0.25) is 0 Å². The molecule has 1 saturated heterocycles. The summed E-state index contributed by atoms with van der Waals surface area (Å²) < 4.78 is 44.9. The fourth-order valence-electron chi connectivity index (χ4n) is 5.01. The van der Waals surface area contributed by atoms with E-state index in [0.717, 1.165) is 17.0 Å². The molecule has 0 amide bonds. The van der Waals surface area contributed by atoms with Gasteiger partial charge in [-0.15, -0.1) is 0 Å². The monoisotopic (exact) mass is 526 g/mol. The highest BCUT2D eigenvalue weighted by Crippen LogP contribution is 2.34. The van der Waals surface area contributed by atoms with E-state index in [-0.39, 0.29) is 24.6 Å². The fraction of sp³-hybridized carbons (Fsp3) is 0.379. The van der Waals surface area contributed by atoms with Gasteiger partial charge in [-0.1, -0.05) is 24.0 Å². The number of halogens is 3. The maximum Gasteiger partial charge on any atom is 0.417 e. The van der Waals surface area contributed by atoms with Gasteiger partial charge in [0, 0.05) is 23.7 Å². The first-order valence-electron chi connectivity index (χ1n) is 12.4. The molecule has 2 heterocycles. The molecule has 1 aliphatic heterocycles. The van der Waals surface area contributed by atoms with E-state index in [1.54, 1.807) is 25.4 Å². The zero-order chi connectivity index (χ0) is 27.3.